The van der Waals surface area contributed by atoms with Gasteiger partial charge in [-0.15, -0.1) is 0 Å². The quantitative estimate of drug-likeness (QED) is 0.180. The number of amides is 2. The van der Waals surface area contributed by atoms with E-state index in [0.29, 0.717) is 28.4 Å². The average molecular weight is 601 g/mol. The van der Waals surface area contributed by atoms with Gasteiger partial charge in [-0.3, -0.25) is 13.9 Å². The third-order valence-corrected chi connectivity index (χ3v) is 8.22. The molecule has 0 aliphatic heterocycles. The van der Waals surface area contributed by atoms with E-state index in [2.05, 4.69) is 15.8 Å². The summed E-state index contributed by atoms with van der Waals surface area (Å²) >= 11 is 0. The number of hydrogen-bond donors (Lipinski definition) is 2. The lowest BCUT2D eigenvalue weighted by atomic mass is 10.1. The first-order valence-electron chi connectivity index (χ1n) is 13.3. The highest BCUT2D eigenvalue weighted by Crippen LogP contribution is 2.26. The number of hydrazone groups is 1. The van der Waals surface area contributed by atoms with Crippen LogP contribution < -0.4 is 24.5 Å². The molecule has 0 spiro atoms. The molecule has 10 nitrogen and oxygen atoms in total. The molecule has 43 heavy (non-hydrogen) atoms. The molecule has 4 aromatic rings. The van der Waals surface area contributed by atoms with Crippen LogP contribution in [0.5, 0.6) is 11.5 Å². The summed E-state index contributed by atoms with van der Waals surface area (Å²) in [4.78, 5) is 25.2. The fourth-order valence-corrected chi connectivity index (χ4v) is 5.43. The minimum atomic E-state index is -4.02. The molecule has 0 unspecified atom stereocenters. The van der Waals surface area contributed by atoms with Crippen molar-refractivity contribution in [3.05, 3.63) is 114 Å². The van der Waals surface area contributed by atoms with Crippen LogP contribution in [0.2, 0.25) is 0 Å². The Kier molecular flexibility index (Phi) is 10.1. The summed E-state index contributed by atoms with van der Waals surface area (Å²) in [6.45, 7) is 3.13. The van der Waals surface area contributed by atoms with Gasteiger partial charge in [0.05, 0.1) is 29.6 Å². The summed E-state index contributed by atoms with van der Waals surface area (Å²) in [5.74, 6) is 0.0471. The van der Waals surface area contributed by atoms with Crippen LogP contribution in [0.15, 0.2) is 107 Å². The topological polar surface area (TPSA) is 126 Å². The van der Waals surface area contributed by atoms with Crippen molar-refractivity contribution in [2.75, 3.05) is 29.9 Å². The Bertz CT molecular complexity index is 1710. The highest BCUT2D eigenvalue weighted by atomic mass is 32.2. The largest absolute Gasteiger partial charge is 0.495 e. The third-order valence-electron chi connectivity index (χ3n) is 6.43. The van der Waals surface area contributed by atoms with Crippen LogP contribution >= 0.6 is 0 Å². The number of sulfonamides is 1. The van der Waals surface area contributed by atoms with Crippen molar-refractivity contribution in [3.63, 3.8) is 0 Å². The first kappa shape index (κ1) is 30.8. The Labute approximate surface area is 251 Å². The number of para-hydroxylation sites is 2. The number of carbonyl (C=O) groups is 2. The smallest absolute Gasteiger partial charge is 0.264 e. The Morgan fingerprint density at radius 1 is 0.860 bits per heavy atom. The van der Waals surface area contributed by atoms with Crippen LogP contribution in [0.25, 0.3) is 0 Å². The van der Waals surface area contributed by atoms with E-state index < -0.39 is 22.5 Å². The van der Waals surface area contributed by atoms with Gasteiger partial charge in [-0.25, -0.2) is 13.8 Å². The predicted molar refractivity (Wildman–Crippen MR) is 166 cm³/mol. The molecule has 0 aromatic heterocycles. The SMILES string of the molecule is COc1ccccc1NC(=O)COc1ccc(/C=N\NC(=O)CN(c2ccc(C)c(C)c2)S(=O)(=O)c2ccccc2)cc1. The predicted octanol–water partition coefficient (Wildman–Crippen LogP) is 4.68. The molecule has 0 heterocycles. The standard InChI is InChI=1S/C32H32N4O6S/c1-23-13-16-26(19-24(23)2)36(43(39,40)28-9-5-4-6-10-28)21-31(37)35-33-20-25-14-17-27(18-15-25)42-22-32(38)34-29-11-7-8-12-30(29)41-3/h4-20H,21-22H2,1-3H3,(H,34,38)(H,35,37)/b33-20-. The van der Waals surface area contributed by atoms with Crippen molar-refractivity contribution in [2.45, 2.75) is 18.7 Å². The Balaban J connectivity index is 1.35. The first-order chi connectivity index (χ1) is 20.7. The second-order valence-corrected chi connectivity index (χ2v) is 11.4. The molecular weight excluding hydrogens is 568 g/mol. The molecule has 0 saturated carbocycles. The molecule has 2 N–H and O–H groups in total. The van der Waals surface area contributed by atoms with E-state index >= 15 is 0 Å². The number of nitrogens with one attached hydrogen (secondary N) is 2. The molecule has 0 radical (unpaired) electrons. The number of ether oxygens (including phenoxy) is 2. The zero-order valence-corrected chi connectivity index (χ0v) is 24.8. The van der Waals surface area contributed by atoms with Gasteiger partial charge < -0.3 is 14.8 Å². The van der Waals surface area contributed by atoms with E-state index in [9.17, 15) is 18.0 Å². The van der Waals surface area contributed by atoms with Gasteiger partial charge in [-0.1, -0.05) is 36.4 Å². The van der Waals surface area contributed by atoms with Crippen LogP contribution in [0.3, 0.4) is 0 Å². The van der Waals surface area contributed by atoms with Crippen LogP contribution in [0.4, 0.5) is 11.4 Å². The van der Waals surface area contributed by atoms with Crippen molar-refractivity contribution < 1.29 is 27.5 Å². The lowest BCUT2D eigenvalue weighted by Crippen LogP contribution is -2.39. The number of nitrogens with zero attached hydrogens (tertiary/aromatic N) is 2. The van der Waals surface area contributed by atoms with Gasteiger partial charge in [0.15, 0.2) is 6.61 Å². The number of methoxy groups -OCH3 is 1. The zero-order chi connectivity index (χ0) is 30.8. The minimum absolute atomic E-state index is 0.0733. The summed E-state index contributed by atoms with van der Waals surface area (Å²) < 4.78 is 38.8. The van der Waals surface area contributed by atoms with E-state index in [1.54, 1.807) is 78.9 Å². The van der Waals surface area contributed by atoms with Gasteiger partial charge in [-0.2, -0.15) is 5.10 Å². The average Bonchev–Trinajstić information content (AvgIpc) is 3.01. The fourth-order valence-electron chi connectivity index (χ4n) is 3.99. The summed E-state index contributed by atoms with van der Waals surface area (Å²) in [5.41, 5.74) is 5.86. The second-order valence-electron chi connectivity index (χ2n) is 9.49. The Morgan fingerprint density at radius 3 is 2.26 bits per heavy atom. The summed E-state index contributed by atoms with van der Waals surface area (Å²) in [6.07, 6.45) is 1.42. The Hall–Kier alpha value is -5.16. The van der Waals surface area contributed by atoms with E-state index in [4.69, 9.17) is 9.47 Å². The number of benzene rings is 4. The van der Waals surface area contributed by atoms with Gasteiger partial charge in [0.2, 0.25) is 0 Å². The van der Waals surface area contributed by atoms with Crippen molar-refractivity contribution in [1.29, 1.82) is 0 Å². The minimum Gasteiger partial charge on any atom is -0.495 e. The van der Waals surface area contributed by atoms with Gasteiger partial charge in [0.1, 0.15) is 18.0 Å². The molecule has 2 amide bonds. The van der Waals surface area contributed by atoms with Crippen molar-refractivity contribution in [2.24, 2.45) is 5.10 Å². The van der Waals surface area contributed by atoms with E-state index in [-0.39, 0.29) is 17.4 Å². The molecular formula is C32H32N4O6S. The van der Waals surface area contributed by atoms with Crippen LogP contribution in [-0.4, -0.2) is 46.7 Å². The number of aryl methyl sites for hydroxylation is 2. The van der Waals surface area contributed by atoms with Crippen molar-refractivity contribution in [1.82, 2.24) is 5.43 Å². The van der Waals surface area contributed by atoms with Gasteiger partial charge in [-0.05, 0) is 91.2 Å². The fraction of sp³-hybridized carbons (Fsp3) is 0.156. The maximum absolute atomic E-state index is 13.5. The molecule has 0 aliphatic rings. The number of rotatable bonds is 12. The third kappa shape index (κ3) is 8.20. The van der Waals surface area contributed by atoms with E-state index in [1.807, 2.05) is 19.9 Å². The zero-order valence-electron chi connectivity index (χ0n) is 24.0. The number of hydrogen-bond acceptors (Lipinski definition) is 7. The van der Waals surface area contributed by atoms with Gasteiger partial charge in [0.25, 0.3) is 21.8 Å². The monoisotopic (exact) mass is 600 g/mol. The van der Waals surface area contributed by atoms with E-state index in [1.165, 1.54) is 25.5 Å². The molecule has 11 heteroatoms. The molecule has 4 aromatic carbocycles. The molecule has 0 bridgehead atoms. The highest BCUT2D eigenvalue weighted by Gasteiger charge is 2.27. The maximum Gasteiger partial charge on any atom is 0.264 e. The Morgan fingerprint density at radius 2 is 1.56 bits per heavy atom. The van der Waals surface area contributed by atoms with Crippen molar-refractivity contribution in [3.8, 4) is 11.5 Å². The lowest BCUT2D eigenvalue weighted by Gasteiger charge is -2.24. The summed E-state index contributed by atoms with van der Waals surface area (Å²) in [6, 6.07) is 27.0. The lowest BCUT2D eigenvalue weighted by molar-refractivity contribution is -0.119. The summed E-state index contributed by atoms with van der Waals surface area (Å²) in [7, 11) is -2.50. The molecule has 0 aliphatic carbocycles. The molecule has 0 saturated heterocycles. The van der Waals surface area contributed by atoms with Crippen LogP contribution in [-0.2, 0) is 19.6 Å². The van der Waals surface area contributed by atoms with Gasteiger partial charge >= 0.3 is 0 Å². The van der Waals surface area contributed by atoms with E-state index in [0.717, 1.165) is 15.4 Å². The number of anilines is 2. The summed E-state index contributed by atoms with van der Waals surface area (Å²) in [5, 5.41) is 6.72. The maximum atomic E-state index is 13.5. The van der Waals surface area contributed by atoms with Crippen LogP contribution in [0.1, 0.15) is 16.7 Å². The van der Waals surface area contributed by atoms with Gasteiger partial charge in [0, 0.05) is 0 Å². The molecule has 4 rings (SSSR count). The van der Waals surface area contributed by atoms with Crippen molar-refractivity contribution >= 4 is 39.4 Å². The highest BCUT2D eigenvalue weighted by molar-refractivity contribution is 7.92. The molecule has 222 valence electrons. The second kappa shape index (κ2) is 14.1. The normalized spacial score (nSPS) is 11.1. The molecule has 0 atom stereocenters. The molecule has 0 fully saturated rings. The first-order valence-corrected chi connectivity index (χ1v) is 14.7. The number of carbonyl (C=O) groups excluding carboxylic acids is 2. The van der Waals surface area contributed by atoms with Crippen LogP contribution in [0, 0.1) is 13.8 Å².